The van der Waals surface area contributed by atoms with Gasteiger partial charge in [0.2, 0.25) is 10.9 Å². The summed E-state index contributed by atoms with van der Waals surface area (Å²) in [6, 6.07) is 0. The van der Waals surface area contributed by atoms with E-state index < -0.39 is 0 Å². The Morgan fingerprint density at radius 1 is 1.00 bits per heavy atom. The second-order valence-electron chi connectivity index (χ2n) is 5.96. The van der Waals surface area contributed by atoms with Gasteiger partial charge in [-0.3, -0.25) is 14.4 Å². The zero-order chi connectivity index (χ0) is 15.3. The average molecular weight is 279 g/mol. The summed E-state index contributed by atoms with van der Waals surface area (Å²) in [5.74, 6) is 0.513. The van der Waals surface area contributed by atoms with E-state index in [9.17, 15) is 14.4 Å². The average Bonchev–Trinajstić information content (AvgIpc) is 2.39. The Kier molecular flexibility index (Phi) is 6.11. The SMILES string of the molecule is CC(C)C(=O)CCCCCNc1c(C(C)C)c(=O)c1=O. The molecule has 112 valence electrons. The van der Waals surface area contributed by atoms with E-state index in [4.69, 9.17) is 0 Å². The molecule has 4 nitrogen and oxygen atoms in total. The number of nitrogens with one attached hydrogen (secondary N) is 1. The number of Topliss-reactive ketones (excluding diaryl/α,β-unsaturated/α-hetero) is 1. The molecule has 20 heavy (non-hydrogen) atoms. The Hall–Kier alpha value is -1.45. The molecule has 4 heteroatoms. The number of hydrogen-bond acceptors (Lipinski definition) is 4. The van der Waals surface area contributed by atoms with Gasteiger partial charge in [0.15, 0.2) is 0 Å². The second-order valence-corrected chi connectivity index (χ2v) is 5.96. The van der Waals surface area contributed by atoms with Gasteiger partial charge < -0.3 is 5.32 Å². The maximum Gasteiger partial charge on any atom is 0.249 e. The first-order chi connectivity index (χ1) is 9.36. The molecule has 0 aromatic heterocycles. The quantitative estimate of drug-likeness (QED) is 0.557. The molecule has 0 aliphatic rings. The topological polar surface area (TPSA) is 63.2 Å². The van der Waals surface area contributed by atoms with E-state index in [0.717, 1.165) is 19.3 Å². The van der Waals surface area contributed by atoms with Gasteiger partial charge >= 0.3 is 0 Å². The Bertz CT molecular complexity index is 522. The van der Waals surface area contributed by atoms with Crippen LogP contribution in [0.2, 0.25) is 0 Å². The van der Waals surface area contributed by atoms with E-state index in [1.807, 2.05) is 27.7 Å². The Morgan fingerprint density at radius 2 is 1.65 bits per heavy atom. The molecule has 0 aliphatic carbocycles. The van der Waals surface area contributed by atoms with Crippen LogP contribution in [0.1, 0.15) is 64.9 Å². The van der Waals surface area contributed by atoms with E-state index >= 15 is 0 Å². The first-order valence-electron chi connectivity index (χ1n) is 7.46. The number of carbonyl (C=O) groups is 1. The highest BCUT2D eigenvalue weighted by molar-refractivity contribution is 5.80. The highest BCUT2D eigenvalue weighted by atomic mass is 16.2. The molecule has 0 heterocycles. The van der Waals surface area contributed by atoms with Crippen LogP contribution in [0.4, 0.5) is 5.69 Å². The molecule has 0 saturated heterocycles. The fraction of sp³-hybridized carbons (Fsp3) is 0.688. The van der Waals surface area contributed by atoms with Crippen LogP contribution in [0.15, 0.2) is 9.59 Å². The maximum atomic E-state index is 11.4. The molecule has 1 rings (SSSR count). The lowest BCUT2D eigenvalue weighted by molar-refractivity contribution is -0.122. The molecular formula is C16H25NO3. The van der Waals surface area contributed by atoms with Crippen LogP contribution < -0.4 is 16.2 Å². The van der Waals surface area contributed by atoms with Crippen molar-refractivity contribution in [2.45, 2.75) is 59.3 Å². The van der Waals surface area contributed by atoms with Crippen molar-refractivity contribution in [2.75, 3.05) is 11.9 Å². The lowest BCUT2D eigenvalue weighted by Crippen LogP contribution is -2.39. The molecule has 0 bridgehead atoms. The molecule has 1 N–H and O–H groups in total. The van der Waals surface area contributed by atoms with Gasteiger partial charge in [-0.2, -0.15) is 0 Å². The zero-order valence-electron chi connectivity index (χ0n) is 12.9. The molecule has 0 aliphatic heterocycles. The minimum Gasteiger partial charge on any atom is -0.381 e. The summed E-state index contributed by atoms with van der Waals surface area (Å²) in [5.41, 5.74) is 0.405. The number of unbranched alkanes of at least 4 members (excludes halogenated alkanes) is 2. The largest absolute Gasteiger partial charge is 0.381 e. The van der Waals surface area contributed by atoms with Crippen molar-refractivity contribution in [2.24, 2.45) is 5.92 Å². The minimum absolute atomic E-state index is 0.0892. The smallest absolute Gasteiger partial charge is 0.249 e. The molecular weight excluding hydrogens is 254 g/mol. The van der Waals surface area contributed by atoms with Gasteiger partial charge in [-0.1, -0.05) is 34.1 Å². The molecule has 0 unspecified atom stereocenters. The first kappa shape index (κ1) is 16.6. The van der Waals surface area contributed by atoms with Crippen LogP contribution in [0.3, 0.4) is 0 Å². The lowest BCUT2D eigenvalue weighted by Gasteiger charge is -2.15. The van der Waals surface area contributed by atoms with E-state index in [1.54, 1.807) is 0 Å². The molecule has 0 atom stereocenters. The van der Waals surface area contributed by atoms with Crippen molar-refractivity contribution in [3.8, 4) is 0 Å². The van der Waals surface area contributed by atoms with Gasteiger partial charge in [0.05, 0.1) is 5.69 Å². The summed E-state index contributed by atoms with van der Waals surface area (Å²) in [6.45, 7) is 8.35. The number of anilines is 1. The third-order valence-electron chi connectivity index (χ3n) is 3.57. The highest BCUT2D eigenvalue weighted by Gasteiger charge is 2.22. The van der Waals surface area contributed by atoms with Crippen molar-refractivity contribution < 1.29 is 4.79 Å². The molecule has 0 fully saturated rings. The van der Waals surface area contributed by atoms with Crippen molar-refractivity contribution in [1.29, 1.82) is 0 Å². The first-order valence-corrected chi connectivity index (χ1v) is 7.46. The van der Waals surface area contributed by atoms with E-state index in [-0.39, 0.29) is 22.7 Å². The van der Waals surface area contributed by atoms with Crippen LogP contribution in [0.5, 0.6) is 0 Å². The summed E-state index contributed by atoms with van der Waals surface area (Å²) in [4.78, 5) is 34.3. The monoisotopic (exact) mass is 279 g/mol. The highest BCUT2D eigenvalue weighted by Crippen LogP contribution is 2.18. The van der Waals surface area contributed by atoms with Gasteiger partial charge in [0.25, 0.3) is 0 Å². The normalized spacial score (nSPS) is 11.5. The molecule has 0 amide bonds. The Labute approximate surface area is 120 Å². The number of rotatable bonds is 9. The van der Waals surface area contributed by atoms with Crippen molar-refractivity contribution in [3.05, 3.63) is 26.0 Å². The van der Waals surface area contributed by atoms with Crippen LogP contribution in [0.25, 0.3) is 0 Å². The lowest BCUT2D eigenvalue weighted by atomic mass is 9.96. The standard InChI is InChI=1S/C16H25NO3/c1-10(2)12(18)8-6-5-7-9-17-14-13(11(3)4)15(19)16(14)20/h10-11,17H,5-9H2,1-4H3. The molecule has 0 spiro atoms. The zero-order valence-corrected chi connectivity index (χ0v) is 12.9. The molecule has 1 aromatic carbocycles. The summed E-state index contributed by atoms with van der Waals surface area (Å²) in [7, 11) is 0. The summed E-state index contributed by atoms with van der Waals surface area (Å²) < 4.78 is 0. The van der Waals surface area contributed by atoms with E-state index in [0.29, 0.717) is 30.0 Å². The van der Waals surface area contributed by atoms with Crippen LogP contribution in [-0.2, 0) is 4.79 Å². The fourth-order valence-corrected chi connectivity index (χ4v) is 2.24. The summed E-state index contributed by atoms with van der Waals surface area (Å²) in [5, 5.41) is 3.07. The number of ketones is 1. The van der Waals surface area contributed by atoms with Gasteiger partial charge in [0, 0.05) is 24.4 Å². The van der Waals surface area contributed by atoms with Gasteiger partial charge in [0.1, 0.15) is 5.78 Å². The fourth-order valence-electron chi connectivity index (χ4n) is 2.24. The van der Waals surface area contributed by atoms with Crippen LogP contribution in [-0.4, -0.2) is 12.3 Å². The van der Waals surface area contributed by atoms with Crippen LogP contribution >= 0.6 is 0 Å². The third-order valence-corrected chi connectivity index (χ3v) is 3.57. The number of hydrogen-bond donors (Lipinski definition) is 1. The predicted octanol–water partition coefficient (Wildman–Crippen LogP) is 2.60. The third kappa shape index (κ3) is 4.02. The van der Waals surface area contributed by atoms with Gasteiger partial charge in [-0.15, -0.1) is 0 Å². The Morgan fingerprint density at radius 3 is 2.20 bits per heavy atom. The summed E-state index contributed by atoms with van der Waals surface area (Å²) in [6.07, 6.45) is 3.39. The van der Waals surface area contributed by atoms with E-state index in [1.165, 1.54) is 0 Å². The molecule has 1 aromatic rings. The molecule has 0 radical (unpaired) electrons. The van der Waals surface area contributed by atoms with Gasteiger partial charge in [-0.05, 0) is 18.8 Å². The van der Waals surface area contributed by atoms with Gasteiger partial charge in [-0.25, -0.2) is 0 Å². The molecule has 0 saturated carbocycles. The minimum atomic E-state index is -0.385. The Balaban J connectivity index is 2.26. The van der Waals surface area contributed by atoms with Crippen LogP contribution in [0, 0.1) is 5.92 Å². The van der Waals surface area contributed by atoms with Crippen molar-refractivity contribution in [1.82, 2.24) is 0 Å². The van der Waals surface area contributed by atoms with E-state index in [2.05, 4.69) is 5.32 Å². The van der Waals surface area contributed by atoms with Crippen molar-refractivity contribution >= 4 is 11.5 Å². The summed E-state index contributed by atoms with van der Waals surface area (Å²) >= 11 is 0. The predicted molar refractivity (Wildman–Crippen MR) is 82.2 cm³/mol. The number of carbonyl (C=O) groups excluding carboxylic acids is 1. The van der Waals surface area contributed by atoms with Crippen molar-refractivity contribution in [3.63, 3.8) is 0 Å². The maximum absolute atomic E-state index is 11.4. The second kappa shape index (κ2) is 7.36.